The monoisotopic (exact) mass is 227 g/mol. The highest BCUT2D eigenvalue weighted by Crippen LogP contribution is 2.27. The molecular formula is C9H10ClN3S. The number of hydrogen-bond acceptors (Lipinski definition) is 4. The van der Waals surface area contributed by atoms with Crippen LogP contribution in [0.5, 0.6) is 0 Å². The Bertz CT molecular complexity index is 388. The van der Waals surface area contributed by atoms with Crippen molar-refractivity contribution in [3.05, 3.63) is 36.5 Å². The number of hydrogen-bond donors (Lipinski definition) is 2. The Morgan fingerprint density at radius 1 is 1.21 bits per heavy atom. The van der Waals surface area contributed by atoms with Gasteiger partial charge >= 0.3 is 0 Å². The summed E-state index contributed by atoms with van der Waals surface area (Å²) in [5.74, 6) is 5.24. The molecule has 1 aromatic carbocycles. The Hall–Kier alpha value is -1.10. The first-order chi connectivity index (χ1) is 6.40. The van der Waals surface area contributed by atoms with Gasteiger partial charge in [-0.25, -0.2) is 10.8 Å². The van der Waals surface area contributed by atoms with Crippen LogP contribution in [0.1, 0.15) is 0 Å². The minimum atomic E-state index is 0. The average molecular weight is 228 g/mol. The molecule has 5 heteroatoms. The standard InChI is InChI=1S/C9H9N3S.ClH/c10-12-9-11-6-8(13-9)7-4-2-1-3-5-7;/h1-6H,10H2,(H,11,12);1H. The molecule has 3 N–H and O–H groups in total. The van der Waals surface area contributed by atoms with E-state index in [-0.39, 0.29) is 12.4 Å². The first-order valence-electron chi connectivity index (χ1n) is 3.88. The summed E-state index contributed by atoms with van der Waals surface area (Å²) >= 11 is 1.54. The van der Waals surface area contributed by atoms with Crippen molar-refractivity contribution in [3.63, 3.8) is 0 Å². The van der Waals surface area contributed by atoms with Gasteiger partial charge in [0, 0.05) is 6.20 Å². The molecule has 0 saturated heterocycles. The van der Waals surface area contributed by atoms with Crippen molar-refractivity contribution in [3.8, 4) is 10.4 Å². The molecule has 14 heavy (non-hydrogen) atoms. The van der Waals surface area contributed by atoms with Gasteiger partial charge in [0.2, 0.25) is 0 Å². The molecule has 0 aliphatic carbocycles. The van der Waals surface area contributed by atoms with E-state index in [1.807, 2.05) is 36.5 Å². The highest BCUT2D eigenvalue weighted by molar-refractivity contribution is 7.18. The van der Waals surface area contributed by atoms with Gasteiger partial charge in [-0.1, -0.05) is 41.7 Å². The summed E-state index contributed by atoms with van der Waals surface area (Å²) in [5.41, 5.74) is 3.69. The van der Waals surface area contributed by atoms with Gasteiger partial charge in [0.25, 0.3) is 0 Å². The molecule has 0 atom stereocenters. The molecule has 1 aromatic heterocycles. The highest BCUT2D eigenvalue weighted by atomic mass is 35.5. The maximum absolute atomic E-state index is 5.24. The SMILES string of the molecule is Cl.NNc1ncc(-c2ccccc2)s1. The summed E-state index contributed by atoms with van der Waals surface area (Å²) < 4.78 is 0. The van der Waals surface area contributed by atoms with Crippen molar-refractivity contribution in [1.82, 2.24) is 4.98 Å². The molecule has 0 amide bonds. The summed E-state index contributed by atoms with van der Waals surface area (Å²) in [4.78, 5) is 5.21. The number of nitrogens with zero attached hydrogens (tertiary/aromatic N) is 1. The minimum absolute atomic E-state index is 0. The fourth-order valence-electron chi connectivity index (χ4n) is 1.08. The maximum Gasteiger partial charge on any atom is 0.197 e. The second-order valence-electron chi connectivity index (χ2n) is 2.54. The third kappa shape index (κ3) is 2.23. The minimum Gasteiger partial charge on any atom is -0.300 e. The highest BCUT2D eigenvalue weighted by Gasteiger charge is 2.01. The van der Waals surface area contributed by atoms with Crippen LogP contribution in [0.4, 0.5) is 5.13 Å². The number of aromatic nitrogens is 1. The number of rotatable bonds is 2. The molecule has 0 fully saturated rings. The lowest BCUT2D eigenvalue weighted by atomic mass is 10.2. The Morgan fingerprint density at radius 2 is 1.93 bits per heavy atom. The molecule has 0 radical (unpaired) electrons. The predicted molar refractivity (Wildman–Crippen MR) is 62.6 cm³/mol. The van der Waals surface area contributed by atoms with E-state index in [1.165, 1.54) is 16.9 Å². The van der Waals surface area contributed by atoms with E-state index >= 15 is 0 Å². The molecule has 3 nitrogen and oxygen atoms in total. The number of halogens is 1. The van der Waals surface area contributed by atoms with Gasteiger partial charge in [-0.3, -0.25) is 5.43 Å². The van der Waals surface area contributed by atoms with Gasteiger partial charge in [-0.15, -0.1) is 12.4 Å². The predicted octanol–water partition coefficient (Wildman–Crippen LogP) is 2.52. The topological polar surface area (TPSA) is 50.9 Å². The zero-order chi connectivity index (χ0) is 9.10. The van der Waals surface area contributed by atoms with Crippen LogP contribution < -0.4 is 11.3 Å². The van der Waals surface area contributed by atoms with Crippen LogP contribution >= 0.6 is 23.7 Å². The van der Waals surface area contributed by atoms with E-state index in [1.54, 1.807) is 0 Å². The van der Waals surface area contributed by atoms with Crippen LogP contribution in [0.2, 0.25) is 0 Å². The number of hydrazine groups is 1. The molecule has 0 saturated carbocycles. The Kier molecular flexibility index (Phi) is 3.88. The Morgan fingerprint density at radius 3 is 2.50 bits per heavy atom. The molecule has 1 heterocycles. The first kappa shape index (κ1) is 11.0. The van der Waals surface area contributed by atoms with Crippen LogP contribution in [-0.4, -0.2) is 4.98 Å². The number of nitrogens with one attached hydrogen (secondary N) is 1. The number of nitrogen functional groups attached to an aromatic ring is 1. The normalized spacial score (nSPS) is 9.21. The number of anilines is 1. The molecule has 2 aromatic rings. The first-order valence-corrected chi connectivity index (χ1v) is 4.69. The molecule has 0 unspecified atom stereocenters. The average Bonchev–Trinajstić information content (AvgIpc) is 2.67. The fourth-order valence-corrected chi connectivity index (χ4v) is 1.81. The van der Waals surface area contributed by atoms with E-state index in [4.69, 9.17) is 5.84 Å². The van der Waals surface area contributed by atoms with E-state index in [0.717, 1.165) is 10.0 Å². The Balaban J connectivity index is 0.000000980. The van der Waals surface area contributed by atoms with Crippen molar-refractivity contribution in [2.45, 2.75) is 0 Å². The Labute approximate surface area is 92.4 Å². The molecule has 2 rings (SSSR count). The van der Waals surface area contributed by atoms with Crippen LogP contribution in [0.3, 0.4) is 0 Å². The summed E-state index contributed by atoms with van der Waals surface area (Å²) in [6.07, 6.45) is 1.81. The van der Waals surface area contributed by atoms with E-state index < -0.39 is 0 Å². The van der Waals surface area contributed by atoms with Crippen LogP contribution in [0, 0.1) is 0 Å². The molecule has 0 bridgehead atoms. The largest absolute Gasteiger partial charge is 0.300 e. The summed E-state index contributed by atoms with van der Waals surface area (Å²) in [6.45, 7) is 0. The smallest absolute Gasteiger partial charge is 0.197 e. The number of benzene rings is 1. The lowest BCUT2D eigenvalue weighted by molar-refractivity contribution is 1.29. The lowest BCUT2D eigenvalue weighted by Gasteiger charge is -1.93. The summed E-state index contributed by atoms with van der Waals surface area (Å²) in [5, 5.41) is 0.735. The quantitative estimate of drug-likeness (QED) is 0.612. The van der Waals surface area contributed by atoms with Crippen LogP contribution in [0.25, 0.3) is 10.4 Å². The van der Waals surface area contributed by atoms with Gasteiger partial charge in [0.1, 0.15) is 0 Å². The van der Waals surface area contributed by atoms with Crippen LogP contribution in [-0.2, 0) is 0 Å². The van der Waals surface area contributed by atoms with E-state index in [9.17, 15) is 0 Å². The van der Waals surface area contributed by atoms with Crippen molar-refractivity contribution < 1.29 is 0 Å². The summed E-state index contributed by atoms with van der Waals surface area (Å²) in [7, 11) is 0. The third-order valence-electron chi connectivity index (χ3n) is 1.69. The zero-order valence-corrected chi connectivity index (χ0v) is 8.94. The molecular weight excluding hydrogens is 218 g/mol. The van der Waals surface area contributed by atoms with Crippen LogP contribution in [0.15, 0.2) is 36.5 Å². The maximum atomic E-state index is 5.24. The second-order valence-corrected chi connectivity index (χ2v) is 3.57. The van der Waals surface area contributed by atoms with Crippen molar-refractivity contribution >= 4 is 28.9 Å². The zero-order valence-electron chi connectivity index (χ0n) is 7.31. The van der Waals surface area contributed by atoms with Gasteiger partial charge in [-0.2, -0.15) is 0 Å². The second kappa shape index (κ2) is 4.95. The van der Waals surface area contributed by atoms with Crippen molar-refractivity contribution in [1.29, 1.82) is 0 Å². The van der Waals surface area contributed by atoms with Crippen molar-refractivity contribution in [2.24, 2.45) is 5.84 Å². The molecule has 0 spiro atoms. The van der Waals surface area contributed by atoms with E-state index in [2.05, 4.69) is 10.4 Å². The number of nitrogens with two attached hydrogens (primary N) is 1. The van der Waals surface area contributed by atoms with Crippen molar-refractivity contribution in [2.75, 3.05) is 5.43 Å². The molecule has 0 aliphatic heterocycles. The third-order valence-corrected chi connectivity index (χ3v) is 2.67. The van der Waals surface area contributed by atoms with E-state index in [0.29, 0.717) is 0 Å². The molecule has 74 valence electrons. The lowest BCUT2D eigenvalue weighted by Crippen LogP contribution is -2.05. The fraction of sp³-hybridized carbons (Fsp3) is 0. The van der Waals surface area contributed by atoms with Gasteiger partial charge < -0.3 is 0 Å². The summed E-state index contributed by atoms with van der Waals surface area (Å²) in [6, 6.07) is 10.1. The molecule has 0 aliphatic rings. The van der Waals surface area contributed by atoms with Gasteiger partial charge in [-0.05, 0) is 5.56 Å². The number of thiazole rings is 1. The van der Waals surface area contributed by atoms with Gasteiger partial charge in [0.05, 0.1) is 4.88 Å². The van der Waals surface area contributed by atoms with Gasteiger partial charge in [0.15, 0.2) is 5.13 Å².